The van der Waals surface area contributed by atoms with Crippen LogP contribution >= 0.6 is 0 Å². The van der Waals surface area contributed by atoms with E-state index < -0.39 is 11.4 Å². The minimum Gasteiger partial charge on any atom is -0.460 e. The molecule has 1 rings (SSSR count). The second-order valence-electron chi connectivity index (χ2n) is 6.48. The van der Waals surface area contributed by atoms with E-state index in [2.05, 4.69) is 0 Å². The van der Waals surface area contributed by atoms with E-state index in [4.69, 9.17) is 14.2 Å². The van der Waals surface area contributed by atoms with Crippen LogP contribution in [0.3, 0.4) is 0 Å². The van der Waals surface area contributed by atoms with E-state index in [1.165, 1.54) is 0 Å². The highest BCUT2D eigenvalue weighted by atomic mass is 16.7. The Morgan fingerprint density at radius 2 is 1.76 bits per heavy atom. The van der Waals surface area contributed by atoms with E-state index in [0.29, 0.717) is 38.7 Å². The fraction of sp³-hybridized carbons (Fsp3) is 0.875. The third-order valence-electron chi connectivity index (χ3n) is 3.34. The molecule has 1 aliphatic heterocycles. The number of unbranched alkanes of at least 4 members (excludes halogenated alkanes) is 1. The highest BCUT2D eigenvalue weighted by molar-refractivity contribution is 5.71. The zero-order valence-corrected chi connectivity index (χ0v) is 13.7. The summed E-state index contributed by atoms with van der Waals surface area (Å²) in [4.78, 5) is 23.3. The lowest BCUT2D eigenvalue weighted by Gasteiger charge is -2.26. The number of hydrogen-bond donors (Lipinski definition) is 0. The smallest absolute Gasteiger partial charge is 0.308 e. The van der Waals surface area contributed by atoms with Crippen molar-refractivity contribution < 1.29 is 23.8 Å². The Labute approximate surface area is 127 Å². The molecule has 0 spiro atoms. The van der Waals surface area contributed by atoms with Gasteiger partial charge in [-0.05, 0) is 40.0 Å². The van der Waals surface area contributed by atoms with Crippen molar-refractivity contribution in [3.8, 4) is 0 Å². The lowest BCUT2D eigenvalue weighted by atomic mass is 10.1. The Hall–Kier alpha value is -1.10. The summed E-state index contributed by atoms with van der Waals surface area (Å²) < 4.78 is 16.2. The number of carbonyl (C=O) groups is 2. The normalized spacial score (nSPS) is 22.1. The molecule has 1 atom stereocenters. The van der Waals surface area contributed by atoms with Crippen LogP contribution < -0.4 is 0 Å². The van der Waals surface area contributed by atoms with Crippen LogP contribution in [0.1, 0.15) is 72.6 Å². The van der Waals surface area contributed by atoms with Gasteiger partial charge in [-0.15, -0.1) is 0 Å². The van der Waals surface area contributed by atoms with Crippen LogP contribution in [0.5, 0.6) is 0 Å². The van der Waals surface area contributed by atoms with Crippen molar-refractivity contribution in [2.24, 2.45) is 0 Å². The average Bonchev–Trinajstić information content (AvgIpc) is 2.81. The van der Waals surface area contributed by atoms with Gasteiger partial charge < -0.3 is 14.2 Å². The summed E-state index contributed by atoms with van der Waals surface area (Å²) in [6.45, 7) is 8.14. The Bertz CT molecular complexity index is 350. The Kier molecular flexibility index (Phi) is 6.65. The van der Waals surface area contributed by atoms with Crippen LogP contribution in [0.15, 0.2) is 0 Å². The first-order chi connectivity index (χ1) is 9.76. The number of ether oxygens (including phenoxy) is 3. The van der Waals surface area contributed by atoms with Crippen LogP contribution in [-0.4, -0.2) is 29.9 Å². The summed E-state index contributed by atoms with van der Waals surface area (Å²) in [5, 5.41) is 0. The lowest BCUT2D eigenvalue weighted by molar-refractivity contribution is -0.214. The molecule has 0 N–H and O–H groups in total. The van der Waals surface area contributed by atoms with Gasteiger partial charge in [-0.2, -0.15) is 0 Å². The van der Waals surface area contributed by atoms with Gasteiger partial charge in [0.1, 0.15) is 5.60 Å². The predicted octanol–water partition coefficient (Wildman–Crippen LogP) is 3.35. The molecule has 0 aromatic carbocycles. The van der Waals surface area contributed by atoms with Gasteiger partial charge >= 0.3 is 11.9 Å². The Morgan fingerprint density at radius 1 is 1.14 bits per heavy atom. The summed E-state index contributed by atoms with van der Waals surface area (Å²) in [5.74, 6) is -1.18. The van der Waals surface area contributed by atoms with Crippen molar-refractivity contribution in [3.05, 3.63) is 0 Å². The van der Waals surface area contributed by atoms with E-state index in [0.717, 1.165) is 12.8 Å². The molecule has 122 valence electrons. The molecule has 0 amide bonds. The fourth-order valence-corrected chi connectivity index (χ4v) is 2.29. The standard InChI is InChI=1S/C16H28O5/c1-5-16(11-8-12-19-16)21-14(18)10-7-6-9-13(17)20-15(2,3)4/h5-12H2,1-4H3. The van der Waals surface area contributed by atoms with Crippen LogP contribution in [0.2, 0.25) is 0 Å². The molecular formula is C16H28O5. The summed E-state index contributed by atoms with van der Waals surface area (Å²) in [6.07, 6.45) is 4.28. The molecule has 5 nitrogen and oxygen atoms in total. The first kappa shape index (κ1) is 18.0. The molecule has 1 heterocycles. The third-order valence-corrected chi connectivity index (χ3v) is 3.34. The first-order valence-electron chi connectivity index (χ1n) is 7.84. The summed E-state index contributed by atoms with van der Waals surface area (Å²) in [6, 6.07) is 0. The maximum atomic E-state index is 11.8. The molecular weight excluding hydrogens is 272 g/mol. The van der Waals surface area contributed by atoms with Gasteiger partial charge in [0.25, 0.3) is 0 Å². The molecule has 0 aromatic heterocycles. The lowest BCUT2D eigenvalue weighted by Crippen LogP contribution is -2.33. The number of hydrogen-bond acceptors (Lipinski definition) is 5. The van der Waals surface area contributed by atoms with Crippen LogP contribution in [0.4, 0.5) is 0 Å². The van der Waals surface area contributed by atoms with E-state index in [1.807, 2.05) is 27.7 Å². The topological polar surface area (TPSA) is 61.8 Å². The van der Waals surface area contributed by atoms with Crippen molar-refractivity contribution in [1.82, 2.24) is 0 Å². The Balaban J connectivity index is 2.18. The molecule has 1 unspecified atom stereocenters. The molecule has 0 aromatic rings. The largest absolute Gasteiger partial charge is 0.460 e. The molecule has 0 radical (unpaired) electrons. The highest BCUT2D eigenvalue weighted by Gasteiger charge is 2.37. The molecule has 1 fully saturated rings. The molecule has 0 aliphatic carbocycles. The maximum absolute atomic E-state index is 11.8. The van der Waals surface area contributed by atoms with Gasteiger partial charge in [0.05, 0.1) is 6.61 Å². The van der Waals surface area contributed by atoms with Crippen molar-refractivity contribution in [3.63, 3.8) is 0 Å². The highest BCUT2D eigenvalue weighted by Crippen LogP contribution is 2.30. The fourth-order valence-electron chi connectivity index (χ4n) is 2.29. The SMILES string of the molecule is CCC1(OC(=O)CCCCC(=O)OC(C)(C)C)CCCO1. The van der Waals surface area contributed by atoms with Crippen molar-refractivity contribution in [1.29, 1.82) is 0 Å². The van der Waals surface area contributed by atoms with Gasteiger partial charge in [0.2, 0.25) is 5.79 Å². The van der Waals surface area contributed by atoms with E-state index >= 15 is 0 Å². The molecule has 1 aliphatic rings. The van der Waals surface area contributed by atoms with E-state index in [-0.39, 0.29) is 11.9 Å². The molecule has 1 saturated heterocycles. The monoisotopic (exact) mass is 300 g/mol. The first-order valence-corrected chi connectivity index (χ1v) is 7.84. The summed E-state index contributed by atoms with van der Waals surface area (Å²) >= 11 is 0. The number of carbonyl (C=O) groups excluding carboxylic acids is 2. The number of rotatable bonds is 7. The maximum Gasteiger partial charge on any atom is 0.308 e. The van der Waals surface area contributed by atoms with Gasteiger partial charge in [0, 0.05) is 25.7 Å². The van der Waals surface area contributed by atoms with E-state index in [1.54, 1.807) is 0 Å². The van der Waals surface area contributed by atoms with Crippen LogP contribution in [0, 0.1) is 0 Å². The summed E-state index contributed by atoms with van der Waals surface area (Å²) in [5.41, 5.74) is -0.455. The third kappa shape index (κ3) is 6.93. The predicted molar refractivity (Wildman–Crippen MR) is 78.6 cm³/mol. The van der Waals surface area contributed by atoms with Gasteiger partial charge in [0.15, 0.2) is 0 Å². The van der Waals surface area contributed by atoms with Gasteiger partial charge in [-0.25, -0.2) is 0 Å². The average molecular weight is 300 g/mol. The second kappa shape index (κ2) is 7.78. The van der Waals surface area contributed by atoms with Crippen molar-refractivity contribution in [2.45, 2.75) is 84.0 Å². The zero-order valence-electron chi connectivity index (χ0n) is 13.7. The molecule has 0 saturated carbocycles. The minimum absolute atomic E-state index is 0.222. The van der Waals surface area contributed by atoms with Crippen LogP contribution in [-0.2, 0) is 23.8 Å². The van der Waals surface area contributed by atoms with E-state index in [9.17, 15) is 9.59 Å². The van der Waals surface area contributed by atoms with Gasteiger partial charge in [-0.3, -0.25) is 9.59 Å². The van der Waals surface area contributed by atoms with Gasteiger partial charge in [-0.1, -0.05) is 6.92 Å². The second-order valence-corrected chi connectivity index (χ2v) is 6.48. The number of esters is 2. The Morgan fingerprint density at radius 3 is 2.24 bits per heavy atom. The van der Waals surface area contributed by atoms with Crippen molar-refractivity contribution >= 4 is 11.9 Å². The molecule has 0 bridgehead atoms. The summed E-state index contributed by atoms with van der Waals surface area (Å²) in [7, 11) is 0. The van der Waals surface area contributed by atoms with Crippen molar-refractivity contribution in [2.75, 3.05) is 6.61 Å². The molecule has 5 heteroatoms. The zero-order chi connectivity index (χ0) is 15.9. The molecule has 21 heavy (non-hydrogen) atoms. The minimum atomic E-state index is -0.706. The van der Waals surface area contributed by atoms with Crippen LogP contribution in [0.25, 0.3) is 0 Å². The quantitative estimate of drug-likeness (QED) is 0.533.